The molecule has 0 radical (unpaired) electrons. The molecule has 1 aromatic carbocycles. The van der Waals surface area contributed by atoms with Crippen molar-refractivity contribution >= 4 is 27.5 Å². The van der Waals surface area contributed by atoms with E-state index in [-0.39, 0.29) is 0 Å². The molecule has 1 aromatic heterocycles. The van der Waals surface area contributed by atoms with Crippen molar-refractivity contribution in [1.82, 2.24) is 9.27 Å². The maximum Gasteiger partial charge on any atom is 0.269 e. The molecule has 0 aliphatic carbocycles. The zero-order chi connectivity index (χ0) is 16.7. The second kappa shape index (κ2) is 8.51. The summed E-state index contributed by atoms with van der Waals surface area (Å²) in [5.74, 6) is 0.249. The molecule has 0 bridgehead atoms. The largest absolute Gasteiger partial charge is 0.497 e. The lowest BCUT2D eigenvalue weighted by Crippen LogP contribution is -2.25. The Bertz CT molecular complexity index is 637. The Morgan fingerprint density at radius 3 is 2.68 bits per heavy atom. The summed E-state index contributed by atoms with van der Waals surface area (Å²) in [6, 6.07) is 6.04. The summed E-state index contributed by atoms with van der Waals surface area (Å²) in [5, 5.41) is 0.781. The van der Waals surface area contributed by atoms with E-state index in [1.165, 1.54) is 11.5 Å². The number of ether oxygens (including phenoxy) is 1. The summed E-state index contributed by atoms with van der Waals surface area (Å²) < 4.78 is 9.94. The van der Waals surface area contributed by atoms with Crippen LogP contribution in [-0.2, 0) is 0 Å². The molecule has 0 aliphatic rings. The van der Waals surface area contributed by atoms with Gasteiger partial charge in [-0.15, -0.1) is 6.58 Å². The Morgan fingerprint density at radius 1 is 1.55 bits per heavy atom. The molecule has 2 rings (SSSR count). The van der Waals surface area contributed by atoms with E-state index >= 15 is 0 Å². The molecule has 6 heteroatoms. The number of nitrogens with zero attached hydrogens (tertiary/aromatic N) is 2. The molecule has 1 amide bonds. The Hall–Kier alpha value is -1.92. The summed E-state index contributed by atoms with van der Waals surface area (Å²) >= 11 is 1.24. The zero-order valence-corrected chi connectivity index (χ0v) is 14.3. The fraction of sp³-hybridized carbons (Fsp3) is 0.375. The number of amides is 1. The molecular formula is C16H23N3O2S. The number of hydrogen-bond donors (Lipinski definition) is 1. The molecule has 5 nitrogen and oxygen atoms in total. The summed E-state index contributed by atoms with van der Waals surface area (Å²) in [5.41, 5.74) is 5.50. The van der Waals surface area contributed by atoms with Crippen molar-refractivity contribution in [1.29, 1.82) is 0 Å². The normalized spacial score (nSPS) is 10.5. The lowest BCUT2D eigenvalue weighted by atomic mass is 10.2. The topological polar surface area (TPSA) is 68.5 Å². The van der Waals surface area contributed by atoms with Gasteiger partial charge >= 0.3 is 0 Å². The van der Waals surface area contributed by atoms with Gasteiger partial charge in [0.25, 0.3) is 5.91 Å². The minimum absolute atomic E-state index is 0.327. The fourth-order valence-electron chi connectivity index (χ4n) is 1.64. The first-order valence-electron chi connectivity index (χ1n) is 6.95. The van der Waals surface area contributed by atoms with Gasteiger partial charge in [0.1, 0.15) is 11.4 Å². The van der Waals surface area contributed by atoms with E-state index in [9.17, 15) is 4.79 Å². The number of methoxy groups -OCH3 is 1. The van der Waals surface area contributed by atoms with E-state index in [4.69, 9.17) is 10.5 Å². The molecule has 0 fully saturated rings. The van der Waals surface area contributed by atoms with Gasteiger partial charge in [0.2, 0.25) is 0 Å². The Labute approximate surface area is 135 Å². The predicted octanol–water partition coefficient (Wildman–Crippen LogP) is 2.92. The first-order valence-corrected chi connectivity index (χ1v) is 7.72. The third kappa shape index (κ3) is 4.82. The molecule has 22 heavy (non-hydrogen) atoms. The number of carbonyl (C=O) groups is 1. The number of likely N-dealkylation sites (N-methyl/N-ethyl adjacent to an activating group) is 1. The van der Waals surface area contributed by atoms with Crippen LogP contribution in [0.2, 0.25) is 0 Å². The van der Waals surface area contributed by atoms with Crippen LogP contribution in [0, 0.1) is 0 Å². The molecule has 0 spiro atoms. The molecule has 1 heterocycles. The van der Waals surface area contributed by atoms with Crippen molar-refractivity contribution < 1.29 is 9.53 Å². The van der Waals surface area contributed by atoms with Crippen molar-refractivity contribution in [3.8, 4) is 5.75 Å². The lowest BCUT2D eigenvalue weighted by molar-refractivity contribution is 0.0998. The number of nitrogens with two attached hydrogens (primary N) is 1. The van der Waals surface area contributed by atoms with E-state index < -0.39 is 5.91 Å². The second-order valence-corrected chi connectivity index (χ2v) is 5.88. The molecule has 120 valence electrons. The van der Waals surface area contributed by atoms with E-state index in [0.29, 0.717) is 11.7 Å². The van der Waals surface area contributed by atoms with Crippen LogP contribution in [0.3, 0.4) is 0 Å². The summed E-state index contributed by atoms with van der Waals surface area (Å²) in [7, 11) is 3.68. The SMILES string of the molecule is C=CCN(C)C(C)C.COc1ccc2c(C(N)=O)nsc2c1. The molecule has 0 saturated carbocycles. The minimum Gasteiger partial charge on any atom is -0.497 e. The Kier molecular flexibility index (Phi) is 7.01. The highest BCUT2D eigenvalue weighted by molar-refractivity contribution is 7.13. The number of hydrogen-bond acceptors (Lipinski definition) is 5. The van der Waals surface area contributed by atoms with Gasteiger partial charge in [0.05, 0.1) is 11.8 Å². The number of carbonyl (C=O) groups excluding carboxylic acids is 1. The Morgan fingerprint density at radius 2 is 2.23 bits per heavy atom. The van der Waals surface area contributed by atoms with Gasteiger partial charge in [0, 0.05) is 18.0 Å². The zero-order valence-electron chi connectivity index (χ0n) is 13.5. The highest BCUT2D eigenvalue weighted by Crippen LogP contribution is 2.26. The minimum atomic E-state index is -0.499. The van der Waals surface area contributed by atoms with Crippen molar-refractivity contribution in [3.63, 3.8) is 0 Å². The number of primary amides is 1. The van der Waals surface area contributed by atoms with Gasteiger partial charge in [-0.25, -0.2) is 0 Å². The van der Waals surface area contributed by atoms with Gasteiger partial charge in [-0.05, 0) is 50.6 Å². The molecule has 0 atom stereocenters. The quantitative estimate of drug-likeness (QED) is 0.860. The fourth-order valence-corrected chi connectivity index (χ4v) is 2.45. The standard InChI is InChI=1S/C9H8N2O2S.C7H15N/c1-13-5-2-3-6-7(4-5)14-11-8(6)9(10)12;1-5-6-8(4)7(2)3/h2-4H,1H3,(H2,10,12);5,7H,1,6H2,2-4H3. The van der Waals surface area contributed by atoms with Crippen molar-refractivity contribution in [3.05, 3.63) is 36.5 Å². The maximum atomic E-state index is 11.0. The van der Waals surface area contributed by atoms with Crippen LogP contribution in [0.1, 0.15) is 24.3 Å². The molecule has 0 unspecified atom stereocenters. The van der Waals surface area contributed by atoms with E-state index in [2.05, 4.69) is 36.7 Å². The van der Waals surface area contributed by atoms with Crippen LogP contribution < -0.4 is 10.5 Å². The van der Waals surface area contributed by atoms with Gasteiger partial charge < -0.3 is 15.4 Å². The van der Waals surface area contributed by atoms with E-state index in [1.807, 2.05) is 12.1 Å². The number of fused-ring (bicyclic) bond motifs is 1. The average Bonchev–Trinajstić information content (AvgIpc) is 2.91. The van der Waals surface area contributed by atoms with Crippen molar-refractivity contribution in [2.45, 2.75) is 19.9 Å². The Balaban J connectivity index is 0.000000261. The van der Waals surface area contributed by atoms with Crippen LogP contribution in [0.5, 0.6) is 5.75 Å². The van der Waals surface area contributed by atoms with Gasteiger partial charge in [-0.2, -0.15) is 4.37 Å². The monoisotopic (exact) mass is 321 g/mol. The predicted molar refractivity (Wildman–Crippen MR) is 92.7 cm³/mol. The highest BCUT2D eigenvalue weighted by Gasteiger charge is 2.11. The number of rotatable bonds is 5. The van der Waals surface area contributed by atoms with Gasteiger partial charge in [0.15, 0.2) is 0 Å². The first-order chi connectivity index (χ1) is 10.4. The van der Waals surface area contributed by atoms with Crippen LogP contribution in [0.4, 0.5) is 0 Å². The summed E-state index contributed by atoms with van der Waals surface area (Å²) in [4.78, 5) is 13.2. The summed E-state index contributed by atoms with van der Waals surface area (Å²) in [6.45, 7) is 8.97. The summed E-state index contributed by atoms with van der Waals surface area (Å²) in [6.07, 6.45) is 1.92. The van der Waals surface area contributed by atoms with Crippen LogP contribution >= 0.6 is 11.5 Å². The molecular weight excluding hydrogens is 298 g/mol. The highest BCUT2D eigenvalue weighted by atomic mass is 32.1. The second-order valence-electron chi connectivity index (χ2n) is 5.08. The van der Waals surface area contributed by atoms with Gasteiger partial charge in [-0.1, -0.05) is 6.08 Å². The number of benzene rings is 1. The lowest BCUT2D eigenvalue weighted by Gasteiger charge is -2.17. The van der Waals surface area contributed by atoms with Crippen molar-refractivity contribution in [2.75, 3.05) is 20.7 Å². The van der Waals surface area contributed by atoms with Crippen LogP contribution in [-0.4, -0.2) is 41.9 Å². The smallest absolute Gasteiger partial charge is 0.269 e. The first kappa shape index (κ1) is 18.1. The van der Waals surface area contributed by atoms with Crippen molar-refractivity contribution in [2.24, 2.45) is 5.73 Å². The third-order valence-corrected chi connectivity index (χ3v) is 4.02. The van der Waals surface area contributed by atoms with E-state index in [0.717, 1.165) is 22.4 Å². The number of aromatic nitrogens is 1. The molecule has 2 aromatic rings. The molecule has 0 saturated heterocycles. The van der Waals surface area contributed by atoms with Gasteiger partial charge in [-0.3, -0.25) is 4.79 Å². The van der Waals surface area contributed by atoms with Crippen LogP contribution in [0.25, 0.3) is 10.1 Å². The third-order valence-electron chi connectivity index (χ3n) is 3.21. The molecule has 2 N–H and O–H groups in total. The average molecular weight is 321 g/mol. The molecule has 0 aliphatic heterocycles. The maximum absolute atomic E-state index is 11.0. The van der Waals surface area contributed by atoms with Crippen LogP contribution in [0.15, 0.2) is 30.9 Å². The van der Waals surface area contributed by atoms with E-state index in [1.54, 1.807) is 19.2 Å².